The Morgan fingerprint density at radius 1 is 1.38 bits per heavy atom. The summed E-state index contributed by atoms with van der Waals surface area (Å²) in [5.41, 5.74) is 9.68. The third-order valence-corrected chi connectivity index (χ3v) is 2.55. The smallest absolute Gasteiger partial charge is 0.0373 e. The quantitative estimate of drug-likeness (QED) is 0.733. The van der Waals surface area contributed by atoms with Crippen LogP contribution in [0, 0.1) is 0 Å². The molecule has 0 aromatic heterocycles. The number of hydrogen-bond donors (Lipinski definition) is 2. The van der Waals surface area contributed by atoms with E-state index in [9.17, 15) is 0 Å². The van der Waals surface area contributed by atoms with E-state index < -0.39 is 0 Å². The van der Waals surface area contributed by atoms with Gasteiger partial charge in [-0.2, -0.15) is 0 Å². The third-order valence-electron chi connectivity index (χ3n) is 2.55. The molecule has 1 aliphatic rings. The Labute approximate surface area is 79.1 Å². The van der Waals surface area contributed by atoms with Crippen molar-refractivity contribution in [1.82, 2.24) is 0 Å². The Bertz CT molecular complexity index is 294. The fourth-order valence-electron chi connectivity index (χ4n) is 1.82. The van der Waals surface area contributed by atoms with Gasteiger partial charge >= 0.3 is 0 Å². The van der Waals surface area contributed by atoms with Crippen molar-refractivity contribution in [1.29, 1.82) is 0 Å². The van der Waals surface area contributed by atoms with E-state index in [1.807, 2.05) is 0 Å². The summed E-state index contributed by atoms with van der Waals surface area (Å²) >= 11 is 0. The molecule has 0 atom stereocenters. The van der Waals surface area contributed by atoms with Gasteiger partial charge in [-0.25, -0.2) is 0 Å². The van der Waals surface area contributed by atoms with Gasteiger partial charge in [0.25, 0.3) is 0 Å². The minimum absolute atomic E-state index is 0.787. The molecule has 1 aromatic rings. The molecular formula is C11H16N2. The molecule has 0 saturated carbocycles. The zero-order valence-corrected chi connectivity index (χ0v) is 7.84. The van der Waals surface area contributed by atoms with Crippen molar-refractivity contribution in [2.45, 2.75) is 19.3 Å². The normalized spacial score (nSPS) is 13.9. The highest BCUT2D eigenvalue weighted by Crippen LogP contribution is 2.23. The number of rotatable bonds is 3. The number of hydrogen-bond acceptors (Lipinski definition) is 2. The summed E-state index contributed by atoms with van der Waals surface area (Å²) in [7, 11) is 0. The number of anilines is 1. The van der Waals surface area contributed by atoms with Crippen molar-refractivity contribution in [2.75, 3.05) is 18.4 Å². The Balaban J connectivity index is 2.12. The third kappa shape index (κ3) is 1.83. The van der Waals surface area contributed by atoms with E-state index in [-0.39, 0.29) is 0 Å². The molecule has 2 rings (SSSR count). The van der Waals surface area contributed by atoms with E-state index in [0.29, 0.717) is 0 Å². The summed E-state index contributed by atoms with van der Waals surface area (Å²) in [4.78, 5) is 0. The lowest BCUT2D eigenvalue weighted by Crippen LogP contribution is -2.00. The second-order valence-corrected chi connectivity index (χ2v) is 3.56. The van der Waals surface area contributed by atoms with Crippen LogP contribution in [-0.2, 0) is 12.8 Å². The Hall–Kier alpha value is -1.02. The van der Waals surface area contributed by atoms with Gasteiger partial charge in [-0.05, 0) is 43.0 Å². The van der Waals surface area contributed by atoms with Gasteiger partial charge in [0.1, 0.15) is 0 Å². The molecule has 0 saturated heterocycles. The average Bonchev–Trinajstić information content (AvgIpc) is 2.61. The zero-order chi connectivity index (χ0) is 9.10. The first-order chi connectivity index (χ1) is 6.40. The molecule has 0 fully saturated rings. The lowest BCUT2D eigenvalue weighted by Gasteiger charge is -2.03. The van der Waals surface area contributed by atoms with Crippen molar-refractivity contribution in [2.24, 2.45) is 5.73 Å². The van der Waals surface area contributed by atoms with Crippen LogP contribution in [0.4, 0.5) is 5.69 Å². The Kier molecular flexibility index (Phi) is 2.50. The highest BCUT2D eigenvalue weighted by Gasteiger charge is 2.09. The number of fused-ring (bicyclic) bond motifs is 1. The maximum atomic E-state index is 5.48. The maximum absolute atomic E-state index is 5.48. The van der Waals surface area contributed by atoms with E-state index in [4.69, 9.17) is 5.73 Å². The van der Waals surface area contributed by atoms with Crippen LogP contribution in [-0.4, -0.2) is 13.1 Å². The lowest BCUT2D eigenvalue weighted by molar-refractivity contribution is 0.831. The van der Waals surface area contributed by atoms with Crippen LogP contribution < -0.4 is 11.1 Å². The van der Waals surface area contributed by atoms with E-state index in [0.717, 1.165) is 25.9 Å². The molecular weight excluding hydrogens is 160 g/mol. The molecule has 0 bridgehead atoms. The number of nitrogens with two attached hydrogens (primary N) is 1. The zero-order valence-electron chi connectivity index (χ0n) is 7.84. The van der Waals surface area contributed by atoms with Crippen LogP contribution in [0.15, 0.2) is 18.2 Å². The van der Waals surface area contributed by atoms with Crippen molar-refractivity contribution in [3.05, 3.63) is 29.3 Å². The average molecular weight is 176 g/mol. The minimum Gasteiger partial charge on any atom is -0.384 e. The summed E-state index contributed by atoms with van der Waals surface area (Å²) in [5.74, 6) is 0. The number of benzene rings is 1. The molecule has 1 heterocycles. The molecule has 70 valence electrons. The first kappa shape index (κ1) is 8.57. The predicted octanol–water partition coefficient (Wildman–Crippen LogP) is 1.55. The first-order valence-electron chi connectivity index (χ1n) is 4.96. The second-order valence-electron chi connectivity index (χ2n) is 3.56. The summed E-state index contributed by atoms with van der Waals surface area (Å²) in [5, 5.41) is 3.36. The van der Waals surface area contributed by atoms with Crippen molar-refractivity contribution < 1.29 is 0 Å². The van der Waals surface area contributed by atoms with Gasteiger partial charge in [0.05, 0.1) is 0 Å². The fraction of sp³-hybridized carbons (Fsp3) is 0.455. The van der Waals surface area contributed by atoms with E-state index in [1.54, 1.807) is 0 Å². The summed E-state index contributed by atoms with van der Waals surface area (Å²) in [6.45, 7) is 1.88. The highest BCUT2D eigenvalue weighted by molar-refractivity contribution is 5.56. The molecule has 1 aromatic carbocycles. The van der Waals surface area contributed by atoms with Gasteiger partial charge < -0.3 is 11.1 Å². The Morgan fingerprint density at radius 2 is 2.31 bits per heavy atom. The molecule has 2 heteroatoms. The van der Waals surface area contributed by atoms with Crippen LogP contribution in [0.5, 0.6) is 0 Å². The SMILES string of the molecule is NCCCc1ccc2c(c1)CCN2. The van der Waals surface area contributed by atoms with Crippen LogP contribution >= 0.6 is 0 Å². The fourth-order valence-corrected chi connectivity index (χ4v) is 1.82. The lowest BCUT2D eigenvalue weighted by atomic mass is 10.0. The van der Waals surface area contributed by atoms with Crippen LogP contribution in [0.25, 0.3) is 0 Å². The predicted molar refractivity (Wildman–Crippen MR) is 56.0 cm³/mol. The molecule has 13 heavy (non-hydrogen) atoms. The van der Waals surface area contributed by atoms with Crippen LogP contribution in [0.1, 0.15) is 17.5 Å². The molecule has 2 nitrogen and oxygen atoms in total. The molecule has 1 aliphatic heterocycles. The summed E-state index contributed by atoms with van der Waals surface area (Å²) in [6.07, 6.45) is 3.38. The number of nitrogens with one attached hydrogen (secondary N) is 1. The summed E-state index contributed by atoms with van der Waals surface area (Å²) < 4.78 is 0. The largest absolute Gasteiger partial charge is 0.384 e. The van der Waals surface area contributed by atoms with Crippen LogP contribution in [0.3, 0.4) is 0 Å². The van der Waals surface area contributed by atoms with Gasteiger partial charge in [0.15, 0.2) is 0 Å². The Morgan fingerprint density at radius 3 is 3.15 bits per heavy atom. The van der Waals surface area contributed by atoms with Crippen molar-refractivity contribution >= 4 is 5.69 Å². The monoisotopic (exact) mass is 176 g/mol. The molecule has 0 unspecified atom stereocenters. The molecule has 0 aliphatic carbocycles. The van der Waals surface area contributed by atoms with E-state index >= 15 is 0 Å². The first-order valence-corrected chi connectivity index (χ1v) is 4.96. The standard InChI is InChI=1S/C11H16N2/c12-6-1-2-9-3-4-11-10(8-9)5-7-13-11/h3-4,8,13H,1-2,5-7,12H2. The molecule has 0 spiro atoms. The van der Waals surface area contributed by atoms with Gasteiger partial charge in [0, 0.05) is 12.2 Å². The molecule has 0 radical (unpaired) electrons. The number of aryl methyl sites for hydroxylation is 1. The van der Waals surface area contributed by atoms with Crippen molar-refractivity contribution in [3.63, 3.8) is 0 Å². The van der Waals surface area contributed by atoms with Crippen molar-refractivity contribution in [3.8, 4) is 0 Å². The van der Waals surface area contributed by atoms with Gasteiger partial charge in [-0.3, -0.25) is 0 Å². The van der Waals surface area contributed by atoms with Crippen LogP contribution in [0.2, 0.25) is 0 Å². The topological polar surface area (TPSA) is 38.0 Å². The highest BCUT2D eigenvalue weighted by atomic mass is 14.9. The summed E-state index contributed by atoms with van der Waals surface area (Å²) in [6, 6.07) is 6.70. The van der Waals surface area contributed by atoms with Gasteiger partial charge in [-0.15, -0.1) is 0 Å². The molecule has 3 N–H and O–H groups in total. The van der Waals surface area contributed by atoms with Gasteiger partial charge in [0.2, 0.25) is 0 Å². The van der Waals surface area contributed by atoms with E-state index in [2.05, 4.69) is 23.5 Å². The molecule has 0 amide bonds. The van der Waals surface area contributed by atoms with Gasteiger partial charge in [-0.1, -0.05) is 12.1 Å². The van der Waals surface area contributed by atoms with E-state index in [1.165, 1.54) is 23.2 Å². The maximum Gasteiger partial charge on any atom is 0.0373 e. The second kappa shape index (κ2) is 3.79. The minimum atomic E-state index is 0.787.